The fraction of sp³-hybridized carbons (Fsp3) is 1.00. The summed E-state index contributed by atoms with van der Waals surface area (Å²) in [5.74, 6) is 0. The first-order chi connectivity index (χ1) is 7.88. The second-order valence-electron chi connectivity index (χ2n) is 3.96. The Labute approximate surface area is 97.8 Å². The summed E-state index contributed by atoms with van der Waals surface area (Å²) in [4.78, 5) is 2.35. The van der Waals surface area contributed by atoms with Gasteiger partial charge in [0.25, 0.3) is 0 Å². The van der Waals surface area contributed by atoms with Crippen molar-refractivity contribution in [2.24, 2.45) is 5.73 Å². The summed E-state index contributed by atoms with van der Waals surface area (Å²) in [5, 5.41) is 0. The molecular weight excluding hydrogens is 208 g/mol. The van der Waals surface area contributed by atoms with E-state index in [2.05, 4.69) is 4.90 Å². The molecular formula is C11H24N2O3. The predicted octanol–water partition coefficient (Wildman–Crippen LogP) is -0.301. The lowest BCUT2D eigenvalue weighted by atomic mass is 10.2. The van der Waals surface area contributed by atoms with Crippen molar-refractivity contribution in [3.05, 3.63) is 0 Å². The van der Waals surface area contributed by atoms with Crippen LogP contribution in [0.4, 0.5) is 0 Å². The highest BCUT2D eigenvalue weighted by atomic mass is 16.5. The zero-order valence-electron chi connectivity index (χ0n) is 10.2. The van der Waals surface area contributed by atoms with E-state index in [4.69, 9.17) is 19.9 Å². The van der Waals surface area contributed by atoms with Gasteiger partial charge in [0.1, 0.15) is 0 Å². The minimum atomic E-state index is 0.358. The number of hydrogen-bond donors (Lipinski definition) is 1. The molecule has 0 bridgehead atoms. The van der Waals surface area contributed by atoms with E-state index < -0.39 is 0 Å². The highest BCUT2D eigenvalue weighted by Gasteiger charge is 2.20. The van der Waals surface area contributed by atoms with E-state index >= 15 is 0 Å². The molecule has 0 spiro atoms. The summed E-state index contributed by atoms with van der Waals surface area (Å²) in [5.41, 5.74) is 5.68. The Hall–Kier alpha value is -0.200. The quantitative estimate of drug-likeness (QED) is 0.582. The molecule has 1 fully saturated rings. The smallest absolute Gasteiger partial charge is 0.0634 e. The molecule has 1 heterocycles. The highest BCUT2D eigenvalue weighted by Crippen LogP contribution is 2.04. The van der Waals surface area contributed by atoms with Gasteiger partial charge < -0.3 is 19.9 Å². The molecule has 2 N–H and O–H groups in total. The van der Waals surface area contributed by atoms with Crippen molar-refractivity contribution >= 4 is 0 Å². The molecule has 1 aliphatic heterocycles. The van der Waals surface area contributed by atoms with Crippen LogP contribution >= 0.6 is 0 Å². The summed E-state index contributed by atoms with van der Waals surface area (Å²) < 4.78 is 15.9. The van der Waals surface area contributed by atoms with E-state index in [9.17, 15) is 0 Å². The average Bonchev–Trinajstić information content (AvgIpc) is 2.34. The summed E-state index contributed by atoms with van der Waals surface area (Å²) in [6.07, 6.45) is 0.958. The first-order valence-corrected chi connectivity index (χ1v) is 5.97. The Kier molecular flexibility index (Phi) is 7.71. The highest BCUT2D eigenvalue weighted by molar-refractivity contribution is 4.75. The lowest BCUT2D eigenvalue weighted by Gasteiger charge is -2.34. The number of hydrogen-bond acceptors (Lipinski definition) is 5. The van der Waals surface area contributed by atoms with Gasteiger partial charge >= 0.3 is 0 Å². The van der Waals surface area contributed by atoms with Crippen LogP contribution in [0.25, 0.3) is 0 Å². The van der Waals surface area contributed by atoms with Gasteiger partial charge in [0, 0.05) is 46.0 Å². The maximum atomic E-state index is 5.68. The van der Waals surface area contributed by atoms with Crippen molar-refractivity contribution in [3.63, 3.8) is 0 Å². The second-order valence-corrected chi connectivity index (χ2v) is 3.96. The van der Waals surface area contributed by atoms with Crippen LogP contribution in [0.2, 0.25) is 0 Å². The van der Waals surface area contributed by atoms with Crippen LogP contribution in [0.5, 0.6) is 0 Å². The molecule has 1 aliphatic rings. The maximum Gasteiger partial charge on any atom is 0.0634 e. The van der Waals surface area contributed by atoms with E-state index in [1.807, 2.05) is 0 Å². The fourth-order valence-corrected chi connectivity index (χ4v) is 1.79. The first-order valence-electron chi connectivity index (χ1n) is 5.97. The molecule has 0 aromatic heterocycles. The molecule has 96 valence electrons. The zero-order chi connectivity index (χ0) is 11.6. The number of rotatable bonds is 8. The Morgan fingerprint density at radius 3 is 3.00 bits per heavy atom. The third-order valence-electron chi connectivity index (χ3n) is 2.78. The number of methoxy groups -OCH3 is 1. The molecule has 0 aliphatic carbocycles. The van der Waals surface area contributed by atoms with Crippen molar-refractivity contribution in [1.29, 1.82) is 0 Å². The van der Waals surface area contributed by atoms with Crippen LogP contribution in [-0.2, 0) is 14.2 Å². The zero-order valence-corrected chi connectivity index (χ0v) is 10.2. The van der Waals surface area contributed by atoms with Gasteiger partial charge in [-0.25, -0.2) is 0 Å². The molecule has 5 nitrogen and oxygen atoms in total. The SMILES string of the molecule is COCCCOCCN1CCOCC1CN. The molecule has 0 aromatic carbocycles. The maximum absolute atomic E-state index is 5.68. The Balaban J connectivity index is 2.02. The first kappa shape index (κ1) is 13.9. The summed E-state index contributed by atoms with van der Waals surface area (Å²) in [7, 11) is 1.71. The van der Waals surface area contributed by atoms with Gasteiger partial charge in [0.05, 0.1) is 19.8 Å². The van der Waals surface area contributed by atoms with Gasteiger partial charge in [0.15, 0.2) is 0 Å². The Morgan fingerprint density at radius 2 is 2.25 bits per heavy atom. The number of ether oxygens (including phenoxy) is 3. The minimum absolute atomic E-state index is 0.358. The van der Waals surface area contributed by atoms with E-state index in [0.29, 0.717) is 12.6 Å². The third-order valence-corrected chi connectivity index (χ3v) is 2.78. The summed E-state index contributed by atoms with van der Waals surface area (Å²) in [6, 6.07) is 0.358. The Morgan fingerprint density at radius 1 is 1.38 bits per heavy atom. The van der Waals surface area contributed by atoms with Gasteiger partial charge in [-0.2, -0.15) is 0 Å². The molecule has 0 saturated carbocycles. The molecule has 5 heteroatoms. The van der Waals surface area contributed by atoms with E-state index in [-0.39, 0.29) is 0 Å². The van der Waals surface area contributed by atoms with Crippen molar-refractivity contribution < 1.29 is 14.2 Å². The molecule has 0 amide bonds. The van der Waals surface area contributed by atoms with Crippen molar-refractivity contribution in [2.45, 2.75) is 12.5 Å². The summed E-state index contributed by atoms with van der Waals surface area (Å²) >= 11 is 0. The molecule has 1 unspecified atom stereocenters. The fourth-order valence-electron chi connectivity index (χ4n) is 1.79. The van der Waals surface area contributed by atoms with Crippen LogP contribution in [0.15, 0.2) is 0 Å². The lowest BCUT2D eigenvalue weighted by Crippen LogP contribution is -2.50. The van der Waals surface area contributed by atoms with Crippen molar-refractivity contribution in [1.82, 2.24) is 4.90 Å². The van der Waals surface area contributed by atoms with Crippen LogP contribution in [0, 0.1) is 0 Å². The topological polar surface area (TPSA) is 57.0 Å². The van der Waals surface area contributed by atoms with E-state index in [0.717, 1.165) is 52.5 Å². The molecule has 0 radical (unpaired) electrons. The van der Waals surface area contributed by atoms with Crippen molar-refractivity contribution in [2.75, 3.05) is 59.8 Å². The van der Waals surface area contributed by atoms with Crippen LogP contribution in [-0.4, -0.2) is 70.7 Å². The third kappa shape index (κ3) is 5.23. The number of morpholine rings is 1. The second kappa shape index (κ2) is 8.90. The molecule has 0 aromatic rings. The van der Waals surface area contributed by atoms with Gasteiger partial charge in [-0.1, -0.05) is 0 Å². The predicted molar refractivity (Wildman–Crippen MR) is 62.5 cm³/mol. The van der Waals surface area contributed by atoms with E-state index in [1.165, 1.54) is 0 Å². The molecule has 1 rings (SSSR count). The molecule has 1 atom stereocenters. The van der Waals surface area contributed by atoms with Gasteiger partial charge in [0.2, 0.25) is 0 Å². The van der Waals surface area contributed by atoms with Crippen LogP contribution < -0.4 is 5.73 Å². The van der Waals surface area contributed by atoms with Gasteiger partial charge in [-0.15, -0.1) is 0 Å². The standard InChI is InChI=1S/C11H24N2O3/c1-14-5-2-6-15-7-3-13-4-8-16-10-11(13)9-12/h11H,2-10,12H2,1H3. The Bertz CT molecular complexity index is 169. The van der Waals surface area contributed by atoms with Crippen LogP contribution in [0.3, 0.4) is 0 Å². The van der Waals surface area contributed by atoms with E-state index in [1.54, 1.807) is 7.11 Å². The largest absolute Gasteiger partial charge is 0.385 e. The number of nitrogens with two attached hydrogens (primary N) is 1. The average molecular weight is 232 g/mol. The minimum Gasteiger partial charge on any atom is -0.385 e. The van der Waals surface area contributed by atoms with Gasteiger partial charge in [-0.05, 0) is 6.42 Å². The lowest BCUT2D eigenvalue weighted by molar-refractivity contribution is -0.0178. The van der Waals surface area contributed by atoms with Crippen molar-refractivity contribution in [3.8, 4) is 0 Å². The number of nitrogens with zero attached hydrogens (tertiary/aromatic N) is 1. The summed E-state index contributed by atoms with van der Waals surface area (Å²) in [6.45, 7) is 6.42. The normalized spacial score (nSPS) is 22.5. The molecule has 16 heavy (non-hydrogen) atoms. The monoisotopic (exact) mass is 232 g/mol. The van der Waals surface area contributed by atoms with Crippen LogP contribution in [0.1, 0.15) is 6.42 Å². The molecule has 1 saturated heterocycles. The van der Waals surface area contributed by atoms with Gasteiger partial charge in [-0.3, -0.25) is 4.90 Å².